The molecule has 0 atom stereocenters. The lowest BCUT2D eigenvalue weighted by molar-refractivity contribution is 0.767. The van der Waals surface area contributed by atoms with E-state index in [4.69, 9.17) is 18.2 Å². The van der Waals surface area contributed by atoms with Gasteiger partial charge in [-0.3, -0.25) is 4.68 Å². The van der Waals surface area contributed by atoms with Crippen LogP contribution in [0, 0.1) is 6.57 Å². The predicted molar refractivity (Wildman–Crippen MR) is 43.4 cm³/mol. The second-order valence-electron chi connectivity index (χ2n) is 2.25. The highest BCUT2D eigenvalue weighted by Crippen LogP contribution is 2.12. The molecule has 1 aromatic heterocycles. The zero-order chi connectivity index (χ0) is 8.27. The molecule has 0 bridgehead atoms. The molecular formula is C7H8ClN3. The van der Waals surface area contributed by atoms with E-state index in [-0.39, 0.29) is 0 Å². The smallest absolute Gasteiger partial charge is 0.218 e. The van der Waals surface area contributed by atoms with E-state index in [9.17, 15) is 0 Å². The fraction of sp³-hybridized carbons (Fsp3) is 0.429. The summed E-state index contributed by atoms with van der Waals surface area (Å²) in [5, 5.41) is 4.45. The fourth-order valence-corrected chi connectivity index (χ4v) is 1.12. The Morgan fingerprint density at radius 1 is 1.82 bits per heavy atom. The molecule has 0 amide bonds. The second kappa shape index (κ2) is 3.40. The van der Waals surface area contributed by atoms with Gasteiger partial charge in [-0.25, -0.2) is 6.57 Å². The summed E-state index contributed by atoms with van der Waals surface area (Å²) in [6.45, 7) is 7.06. The van der Waals surface area contributed by atoms with E-state index in [2.05, 4.69) is 9.94 Å². The Hall–Kier alpha value is -1.01. The highest BCUT2D eigenvalue weighted by atomic mass is 35.5. The molecule has 0 aliphatic rings. The molecule has 0 aliphatic heterocycles. The van der Waals surface area contributed by atoms with Crippen molar-refractivity contribution < 1.29 is 0 Å². The van der Waals surface area contributed by atoms with Gasteiger partial charge in [0.1, 0.15) is 0 Å². The molecule has 0 unspecified atom stereocenters. The lowest BCUT2D eigenvalue weighted by Gasteiger charge is -1.85. The Bertz CT molecular complexity index is 284. The first-order chi connectivity index (χ1) is 5.24. The first kappa shape index (κ1) is 8.09. The minimum Gasteiger partial charge on any atom is -0.317 e. The topological polar surface area (TPSA) is 22.2 Å². The minimum atomic E-state index is 0.478. The van der Waals surface area contributed by atoms with Crippen molar-refractivity contribution in [3.63, 3.8) is 0 Å². The molecule has 11 heavy (non-hydrogen) atoms. The van der Waals surface area contributed by atoms with E-state index in [1.54, 1.807) is 4.68 Å². The van der Waals surface area contributed by atoms with Gasteiger partial charge in [0.2, 0.25) is 6.54 Å². The maximum absolute atomic E-state index is 6.58. The molecule has 58 valence electrons. The molecule has 0 saturated carbocycles. The van der Waals surface area contributed by atoms with E-state index in [1.807, 2.05) is 13.2 Å². The van der Waals surface area contributed by atoms with Crippen LogP contribution < -0.4 is 0 Å². The van der Waals surface area contributed by atoms with Crippen LogP contribution in [0.4, 0.5) is 0 Å². The summed E-state index contributed by atoms with van der Waals surface area (Å²) in [4.78, 5) is 3.24. The van der Waals surface area contributed by atoms with Gasteiger partial charge in [0.25, 0.3) is 0 Å². The summed E-state index contributed by atoms with van der Waals surface area (Å²) < 4.78 is 1.65. The van der Waals surface area contributed by atoms with Gasteiger partial charge < -0.3 is 4.85 Å². The summed E-state index contributed by atoms with van der Waals surface area (Å²) >= 11 is 5.75. The monoisotopic (exact) mass is 169 g/mol. The number of aromatic nitrogens is 2. The van der Waals surface area contributed by atoms with Crippen molar-refractivity contribution in [3.8, 4) is 0 Å². The molecule has 0 aromatic carbocycles. The van der Waals surface area contributed by atoms with Gasteiger partial charge in [-0.1, -0.05) is 11.6 Å². The van der Waals surface area contributed by atoms with Crippen molar-refractivity contribution in [1.82, 2.24) is 9.78 Å². The van der Waals surface area contributed by atoms with E-state index in [1.165, 1.54) is 0 Å². The van der Waals surface area contributed by atoms with Crippen LogP contribution in [0.3, 0.4) is 0 Å². The second-order valence-corrected chi connectivity index (χ2v) is 2.61. The van der Waals surface area contributed by atoms with Gasteiger partial charge in [0.15, 0.2) is 5.15 Å². The lowest BCUT2D eigenvalue weighted by atomic mass is 10.3. The summed E-state index contributed by atoms with van der Waals surface area (Å²) in [7, 11) is 1.81. The number of hydrogen-bond donors (Lipinski definition) is 0. The van der Waals surface area contributed by atoms with Crippen molar-refractivity contribution >= 4 is 11.6 Å². The predicted octanol–water partition coefficient (Wildman–Crippen LogP) is 1.54. The van der Waals surface area contributed by atoms with Crippen LogP contribution in [-0.2, 0) is 13.5 Å². The van der Waals surface area contributed by atoms with Gasteiger partial charge in [-0.05, 0) is 0 Å². The average molecular weight is 170 g/mol. The zero-order valence-electron chi connectivity index (χ0n) is 6.21. The number of rotatable bonds is 2. The Kier molecular flexibility index (Phi) is 2.50. The highest BCUT2D eigenvalue weighted by molar-refractivity contribution is 6.30. The molecule has 0 N–H and O–H groups in total. The summed E-state index contributed by atoms with van der Waals surface area (Å²) in [6.07, 6.45) is 2.53. The molecule has 4 heteroatoms. The Labute approximate surface area is 70.4 Å². The van der Waals surface area contributed by atoms with E-state index >= 15 is 0 Å². The van der Waals surface area contributed by atoms with Gasteiger partial charge >= 0.3 is 0 Å². The van der Waals surface area contributed by atoms with Gasteiger partial charge in [-0.2, -0.15) is 5.10 Å². The fourth-order valence-electron chi connectivity index (χ4n) is 0.854. The third kappa shape index (κ3) is 1.95. The van der Waals surface area contributed by atoms with Crippen LogP contribution in [0.15, 0.2) is 6.20 Å². The van der Waals surface area contributed by atoms with E-state index in [0.29, 0.717) is 18.1 Å². The molecule has 0 saturated heterocycles. The lowest BCUT2D eigenvalue weighted by Crippen LogP contribution is -1.86. The third-order valence-electron chi connectivity index (χ3n) is 1.35. The molecule has 1 heterocycles. The van der Waals surface area contributed by atoms with Crippen LogP contribution in [0.25, 0.3) is 4.85 Å². The molecule has 0 radical (unpaired) electrons. The third-order valence-corrected chi connectivity index (χ3v) is 1.66. The van der Waals surface area contributed by atoms with Crippen molar-refractivity contribution in [1.29, 1.82) is 0 Å². The summed E-state index contributed by atoms with van der Waals surface area (Å²) in [5.74, 6) is 0. The van der Waals surface area contributed by atoms with Gasteiger partial charge in [0, 0.05) is 25.2 Å². The van der Waals surface area contributed by atoms with Crippen molar-refractivity contribution in [2.75, 3.05) is 6.54 Å². The molecule has 0 fully saturated rings. The summed E-state index contributed by atoms with van der Waals surface area (Å²) in [5.41, 5.74) is 0.949. The normalized spacial score (nSPS) is 9.55. The van der Waals surface area contributed by atoms with Gasteiger partial charge in [-0.15, -0.1) is 0 Å². The van der Waals surface area contributed by atoms with Crippen LogP contribution in [0.1, 0.15) is 5.56 Å². The molecule has 0 aliphatic carbocycles. The number of halogens is 1. The Morgan fingerprint density at radius 2 is 2.55 bits per heavy atom. The maximum Gasteiger partial charge on any atom is 0.218 e. The highest BCUT2D eigenvalue weighted by Gasteiger charge is 2.04. The van der Waals surface area contributed by atoms with Crippen molar-refractivity contribution in [2.45, 2.75) is 6.42 Å². The van der Waals surface area contributed by atoms with Crippen LogP contribution in [-0.4, -0.2) is 16.3 Å². The Morgan fingerprint density at radius 3 is 3.00 bits per heavy atom. The van der Waals surface area contributed by atoms with E-state index in [0.717, 1.165) is 5.56 Å². The SMILES string of the molecule is [C-]#[N+]CCc1cn(C)nc1Cl. The largest absolute Gasteiger partial charge is 0.317 e. The Balaban J connectivity index is 2.71. The molecule has 1 rings (SSSR count). The maximum atomic E-state index is 6.58. The molecular weight excluding hydrogens is 162 g/mol. The van der Waals surface area contributed by atoms with Crippen molar-refractivity contribution in [3.05, 3.63) is 28.3 Å². The quantitative estimate of drug-likeness (QED) is 0.616. The minimum absolute atomic E-state index is 0.478. The van der Waals surface area contributed by atoms with Crippen LogP contribution in [0.2, 0.25) is 5.15 Å². The van der Waals surface area contributed by atoms with Crippen molar-refractivity contribution in [2.24, 2.45) is 7.05 Å². The number of hydrogen-bond acceptors (Lipinski definition) is 1. The molecule has 0 spiro atoms. The first-order valence-electron chi connectivity index (χ1n) is 3.25. The van der Waals surface area contributed by atoms with E-state index < -0.39 is 0 Å². The number of aryl methyl sites for hydroxylation is 1. The first-order valence-corrected chi connectivity index (χ1v) is 3.63. The van der Waals surface area contributed by atoms with Crippen LogP contribution >= 0.6 is 11.6 Å². The zero-order valence-corrected chi connectivity index (χ0v) is 6.97. The average Bonchev–Trinajstić information content (AvgIpc) is 2.26. The number of nitrogens with zero attached hydrogens (tertiary/aromatic N) is 3. The van der Waals surface area contributed by atoms with Gasteiger partial charge in [0.05, 0.1) is 0 Å². The molecule has 1 aromatic rings. The standard InChI is InChI=1S/C7H8ClN3/c1-9-4-3-6-5-11(2)10-7(6)8/h5H,3-4H2,2H3. The summed E-state index contributed by atoms with van der Waals surface area (Å²) in [6, 6.07) is 0. The van der Waals surface area contributed by atoms with Crippen LogP contribution in [0.5, 0.6) is 0 Å². The molecule has 3 nitrogen and oxygen atoms in total.